The van der Waals surface area contributed by atoms with Crippen molar-refractivity contribution in [1.82, 2.24) is 9.88 Å². The molecule has 7 nitrogen and oxygen atoms in total. The van der Waals surface area contributed by atoms with Crippen LogP contribution in [0.1, 0.15) is 19.3 Å². The minimum atomic E-state index is -0.994. The van der Waals surface area contributed by atoms with Gasteiger partial charge in [0.15, 0.2) is 5.82 Å². The van der Waals surface area contributed by atoms with Gasteiger partial charge in [0, 0.05) is 26.8 Å². The van der Waals surface area contributed by atoms with Crippen molar-refractivity contribution in [2.75, 3.05) is 37.4 Å². The number of aromatic nitrogens is 1. The Morgan fingerprint density at radius 3 is 3.00 bits per heavy atom. The summed E-state index contributed by atoms with van der Waals surface area (Å²) in [6, 6.07) is 3.50. The molecule has 1 atom stereocenters. The summed E-state index contributed by atoms with van der Waals surface area (Å²) in [4.78, 5) is 31.6. The van der Waals surface area contributed by atoms with Crippen LogP contribution in [0.2, 0.25) is 0 Å². The highest BCUT2D eigenvalue weighted by molar-refractivity contribution is 5.97. The van der Waals surface area contributed by atoms with Crippen LogP contribution in [0, 0.1) is 0 Å². The van der Waals surface area contributed by atoms with Gasteiger partial charge < -0.3 is 20.2 Å². The average molecular weight is 306 g/mol. The lowest BCUT2D eigenvalue weighted by atomic mass is 10.2. The molecule has 2 N–H and O–H groups in total. The summed E-state index contributed by atoms with van der Waals surface area (Å²) >= 11 is 0. The van der Waals surface area contributed by atoms with Crippen LogP contribution in [-0.4, -0.2) is 60.1 Å². The number of rotatable bonds is 4. The van der Waals surface area contributed by atoms with E-state index in [9.17, 15) is 14.7 Å². The SMILES string of the molecule is CN(C)c1ncccc1NC(=O)CN1CCCCC(O)C1=O. The highest BCUT2D eigenvalue weighted by Crippen LogP contribution is 2.20. The van der Waals surface area contributed by atoms with E-state index < -0.39 is 6.10 Å². The van der Waals surface area contributed by atoms with Crippen molar-refractivity contribution in [3.63, 3.8) is 0 Å². The number of carbonyl (C=O) groups excluding carboxylic acids is 2. The number of carbonyl (C=O) groups is 2. The second-order valence-corrected chi connectivity index (χ2v) is 5.59. The fourth-order valence-corrected chi connectivity index (χ4v) is 2.46. The molecule has 0 bridgehead atoms. The van der Waals surface area contributed by atoms with Crippen molar-refractivity contribution in [1.29, 1.82) is 0 Å². The smallest absolute Gasteiger partial charge is 0.251 e. The number of likely N-dealkylation sites (tertiary alicyclic amines) is 1. The zero-order chi connectivity index (χ0) is 16.1. The monoisotopic (exact) mass is 306 g/mol. The summed E-state index contributed by atoms with van der Waals surface area (Å²) in [7, 11) is 3.68. The Morgan fingerprint density at radius 2 is 2.27 bits per heavy atom. The first-order valence-electron chi connectivity index (χ1n) is 7.38. The summed E-state index contributed by atoms with van der Waals surface area (Å²) in [5.41, 5.74) is 0.598. The van der Waals surface area contributed by atoms with Crippen LogP contribution in [0.15, 0.2) is 18.3 Å². The molecular formula is C15H22N4O3. The molecule has 2 rings (SSSR count). The van der Waals surface area contributed by atoms with Crippen LogP contribution in [-0.2, 0) is 9.59 Å². The van der Waals surface area contributed by atoms with Crippen molar-refractivity contribution in [3.05, 3.63) is 18.3 Å². The number of amides is 2. The summed E-state index contributed by atoms with van der Waals surface area (Å²) < 4.78 is 0. The van der Waals surface area contributed by atoms with E-state index >= 15 is 0 Å². The van der Waals surface area contributed by atoms with Crippen LogP contribution in [0.4, 0.5) is 11.5 Å². The van der Waals surface area contributed by atoms with Crippen LogP contribution >= 0.6 is 0 Å². The number of hydrogen-bond donors (Lipinski definition) is 2. The van der Waals surface area contributed by atoms with Gasteiger partial charge in [-0.25, -0.2) is 4.98 Å². The Balaban J connectivity index is 2.02. The molecule has 120 valence electrons. The van der Waals surface area contributed by atoms with Crippen molar-refractivity contribution in [2.24, 2.45) is 0 Å². The molecule has 1 aliphatic heterocycles. The number of hydrogen-bond acceptors (Lipinski definition) is 5. The van der Waals surface area contributed by atoms with Gasteiger partial charge >= 0.3 is 0 Å². The normalized spacial score (nSPS) is 18.8. The quantitative estimate of drug-likeness (QED) is 0.844. The minimum Gasteiger partial charge on any atom is -0.383 e. The van der Waals surface area contributed by atoms with Crippen molar-refractivity contribution in [2.45, 2.75) is 25.4 Å². The van der Waals surface area contributed by atoms with E-state index in [0.29, 0.717) is 24.5 Å². The molecule has 0 spiro atoms. The molecule has 0 aliphatic carbocycles. The maximum absolute atomic E-state index is 12.2. The highest BCUT2D eigenvalue weighted by atomic mass is 16.3. The number of nitrogens with one attached hydrogen (secondary N) is 1. The molecule has 1 fully saturated rings. The van der Waals surface area contributed by atoms with Gasteiger partial charge in [0.25, 0.3) is 5.91 Å². The Bertz CT molecular complexity index is 547. The lowest BCUT2D eigenvalue weighted by molar-refractivity contribution is -0.141. The summed E-state index contributed by atoms with van der Waals surface area (Å²) in [6.07, 6.45) is 2.71. The highest BCUT2D eigenvalue weighted by Gasteiger charge is 2.26. The predicted molar refractivity (Wildman–Crippen MR) is 83.6 cm³/mol. The van der Waals surface area contributed by atoms with Gasteiger partial charge in [-0.3, -0.25) is 9.59 Å². The van der Waals surface area contributed by atoms with Gasteiger partial charge in [-0.05, 0) is 31.4 Å². The fraction of sp³-hybridized carbons (Fsp3) is 0.533. The maximum Gasteiger partial charge on any atom is 0.251 e. The molecule has 2 heterocycles. The summed E-state index contributed by atoms with van der Waals surface area (Å²) in [6.45, 7) is 0.439. The number of nitrogens with zero attached hydrogens (tertiary/aromatic N) is 3. The molecule has 1 aliphatic rings. The van der Waals surface area contributed by atoms with Gasteiger partial charge in [-0.2, -0.15) is 0 Å². The second kappa shape index (κ2) is 7.22. The molecule has 0 radical (unpaired) electrons. The second-order valence-electron chi connectivity index (χ2n) is 5.59. The van der Waals surface area contributed by atoms with Crippen LogP contribution in [0.25, 0.3) is 0 Å². The first-order chi connectivity index (χ1) is 10.5. The summed E-state index contributed by atoms with van der Waals surface area (Å²) in [5.74, 6) is -0.0108. The molecular weight excluding hydrogens is 284 g/mol. The number of aliphatic hydroxyl groups is 1. The zero-order valence-corrected chi connectivity index (χ0v) is 13.0. The molecule has 22 heavy (non-hydrogen) atoms. The Morgan fingerprint density at radius 1 is 1.50 bits per heavy atom. The van der Waals surface area contributed by atoms with Crippen LogP contribution in [0.5, 0.6) is 0 Å². The maximum atomic E-state index is 12.2. The molecule has 1 aromatic heterocycles. The van der Waals surface area contributed by atoms with Crippen molar-refractivity contribution >= 4 is 23.3 Å². The van der Waals surface area contributed by atoms with E-state index in [0.717, 1.165) is 12.8 Å². The molecule has 0 aromatic carbocycles. The standard InChI is InChI=1S/C15H22N4O3/c1-18(2)14-11(6-5-8-16-14)17-13(21)10-19-9-4-3-7-12(20)15(19)22/h5-6,8,12,20H,3-4,7,9-10H2,1-2H3,(H,17,21). The van der Waals surface area contributed by atoms with E-state index in [4.69, 9.17) is 0 Å². The molecule has 1 saturated heterocycles. The van der Waals surface area contributed by atoms with Crippen molar-refractivity contribution in [3.8, 4) is 0 Å². The van der Waals surface area contributed by atoms with E-state index in [1.807, 2.05) is 14.1 Å². The third kappa shape index (κ3) is 3.94. The van der Waals surface area contributed by atoms with Crippen LogP contribution < -0.4 is 10.2 Å². The molecule has 7 heteroatoms. The van der Waals surface area contributed by atoms with Gasteiger partial charge in [-0.1, -0.05) is 0 Å². The first kappa shape index (κ1) is 16.2. The van der Waals surface area contributed by atoms with E-state index in [2.05, 4.69) is 10.3 Å². The third-order valence-electron chi connectivity index (χ3n) is 3.57. The average Bonchev–Trinajstić information content (AvgIpc) is 2.63. The lowest BCUT2D eigenvalue weighted by Gasteiger charge is -2.22. The van der Waals surface area contributed by atoms with E-state index in [-0.39, 0.29) is 18.4 Å². The number of pyridine rings is 1. The Kier molecular flexibility index (Phi) is 5.32. The molecule has 1 aromatic rings. The lowest BCUT2D eigenvalue weighted by Crippen LogP contribution is -2.42. The minimum absolute atomic E-state index is 0.0579. The van der Waals surface area contributed by atoms with Gasteiger partial charge in [-0.15, -0.1) is 0 Å². The fourth-order valence-electron chi connectivity index (χ4n) is 2.46. The van der Waals surface area contributed by atoms with E-state index in [1.165, 1.54) is 4.90 Å². The summed E-state index contributed by atoms with van der Waals surface area (Å²) in [5, 5.41) is 12.5. The Labute approximate surface area is 129 Å². The first-order valence-corrected chi connectivity index (χ1v) is 7.38. The van der Waals surface area contributed by atoms with Crippen molar-refractivity contribution < 1.29 is 14.7 Å². The predicted octanol–water partition coefficient (Wildman–Crippen LogP) is 0.459. The van der Waals surface area contributed by atoms with Crippen LogP contribution in [0.3, 0.4) is 0 Å². The van der Waals surface area contributed by atoms with E-state index in [1.54, 1.807) is 23.2 Å². The number of aliphatic hydroxyl groups excluding tert-OH is 1. The topological polar surface area (TPSA) is 85.8 Å². The Hall–Kier alpha value is -2.15. The number of anilines is 2. The van der Waals surface area contributed by atoms with Gasteiger partial charge in [0.1, 0.15) is 6.10 Å². The van der Waals surface area contributed by atoms with Gasteiger partial charge in [0.2, 0.25) is 5.91 Å². The zero-order valence-electron chi connectivity index (χ0n) is 13.0. The van der Waals surface area contributed by atoms with Gasteiger partial charge in [0.05, 0.1) is 12.2 Å². The molecule has 1 unspecified atom stereocenters. The molecule has 0 saturated carbocycles. The third-order valence-corrected chi connectivity index (χ3v) is 3.57. The molecule has 2 amide bonds. The largest absolute Gasteiger partial charge is 0.383 e.